The number of aromatic nitrogens is 2. The van der Waals surface area contributed by atoms with Crippen molar-refractivity contribution in [3.63, 3.8) is 0 Å². The van der Waals surface area contributed by atoms with Crippen LogP contribution in [-0.4, -0.2) is 22.5 Å². The van der Waals surface area contributed by atoms with E-state index in [-0.39, 0.29) is 12.3 Å². The van der Waals surface area contributed by atoms with Crippen molar-refractivity contribution >= 4 is 56.4 Å². The third-order valence-electron chi connectivity index (χ3n) is 4.20. The van der Waals surface area contributed by atoms with Gasteiger partial charge in [-0.15, -0.1) is 10.2 Å². The second-order valence-electron chi connectivity index (χ2n) is 6.08. The number of hydrogen-bond donors (Lipinski definition) is 1. The van der Waals surface area contributed by atoms with Crippen LogP contribution < -0.4 is 5.32 Å². The van der Waals surface area contributed by atoms with E-state index in [1.807, 2.05) is 6.07 Å². The predicted octanol–water partition coefficient (Wildman–Crippen LogP) is 5.93. The average Bonchev–Trinajstić information content (AvgIpc) is 3.19. The Bertz CT molecular complexity index is 1110. The number of carbonyl (C=O) groups excluding carboxylic acids is 1. The molecule has 0 aliphatic rings. The lowest BCUT2D eigenvalue weighted by Gasteiger charge is -2.04. The summed E-state index contributed by atoms with van der Waals surface area (Å²) in [4.78, 5) is 12.2. The van der Waals surface area contributed by atoms with Gasteiger partial charge in [0.1, 0.15) is 0 Å². The topological polar surface area (TPSA) is 54.9 Å². The molecule has 0 saturated carbocycles. The van der Waals surface area contributed by atoms with Crippen molar-refractivity contribution < 1.29 is 4.79 Å². The van der Waals surface area contributed by atoms with Crippen LogP contribution in [0.1, 0.15) is 15.9 Å². The molecule has 0 aliphatic heterocycles. The van der Waals surface area contributed by atoms with Crippen LogP contribution in [0.25, 0.3) is 10.8 Å². The summed E-state index contributed by atoms with van der Waals surface area (Å²) in [6.45, 7) is 0.171. The van der Waals surface area contributed by atoms with Crippen molar-refractivity contribution in [3.05, 3.63) is 82.9 Å². The Labute approximate surface area is 176 Å². The number of halogens is 1. The molecule has 4 aromatic rings. The lowest BCUT2D eigenvalue weighted by molar-refractivity contribution is 0.101. The van der Waals surface area contributed by atoms with Crippen molar-refractivity contribution in [2.24, 2.45) is 0 Å². The highest BCUT2D eigenvalue weighted by molar-refractivity contribution is 8.00. The molecule has 1 N–H and O–H groups in total. The first-order valence-corrected chi connectivity index (χ1v) is 10.8. The second kappa shape index (κ2) is 8.73. The van der Waals surface area contributed by atoms with Gasteiger partial charge < -0.3 is 5.32 Å². The molecule has 4 nitrogen and oxygen atoms in total. The summed E-state index contributed by atoms with van der Waals surface area (Å²) >= 11 is 8.95. The van der Waals surface area contributed by atoms with Gasteiger partial charge in [0.2, 0.25) is 5.13 Å². The van der Waals surface area contributed by atoms with E-state index in [2.05, 4.69) is 51.9 Å². The van der Waals surface area contributed by atoms with Gasteiger partial charge in [-0.3, -0.25) is 4.79 Å². The molecule has 0 spiro atoms. The van der Waals surface area contributed by atoms with Crippen LogP contribution in [0.3, 0.4) is 0 Å². The van der Waals surface area contributed by atoms with E-state index in [4.69, 9.17) is 11.6 Å². The third kappa shape index (κ3) is 4.52. The van der Waals surface area contributed by atoms with E-state index in [1.54, 1.807) is 36.0 Å². The first kappa shape index (κ1) is 18.9. The number of benzene rings is 3. The Morgan fingerprint density at radius 2 is 1.79 bits per heavy atom. The van der Waals surface area contributed by atoms with Crippen LogP contribution in [0.5, 0.6) is 0 Å². The molecule has 3 aromatic carbocycles. The zero-order chi connectivity index (χ0) is 19.3. The van der Waals surface area contributed by atoms with E-state index in [1.165, 1.54) is 27.7 Å². The second-order valence-corrected chi connectivity index (χ2v) is 8.72. The molecule has 28 heavy (non-hydrogen) atoms. The molecule has 0 atom stereocenters. The maximum absolute atomic E-state index is 12.2. The van der Waals surface area contributed by atoms with E-state index >= 15 is 0 Å². The van der Waals surface area contributed by atoms with Crippen molar-refractivity contribution in [1.82, 2.24) is 10.2 Å². The van der Waals surface area contributed by atoms with Crippen LogP contribution >= 0.6 is 34.7 Å². The summed E-state index contributed by atoms with van der Waals surface area (Å²) in [7, 11) is 0. The smallest absolute Gasteiger partial charge is 0.206 e. The molecule has 0 bridgehead atoms. The third-order valence-corrected chi connectivity index (χ3v) is 6.52. The van der Waals surface area contributed by atoms with Gasteiger partial charge in [-0.05, 0) is 40.6 Å². The van der Waals surface area contributed by atoms with Crippen LogP contribution in [-0.2, 0) is 5.75 Å². The van der Waals surface area contributed by atoms with Crippen LogP contribution in [0.4, 0.5) is 5.13 Å². The molecule has 0 radical (unpaired) electrons. The number of nitrogens with zero attached hydrogens (tertiary/aromatic N) is 2. The maximum atomic E-state index is 12.2. The molecule has 4 rings (SSSR count). The van der Waals surface area contributed by atoms with Crippen molar-refractivity contribution in [3.8, 4) is 0 Å². The Morgan fingerprint density at radius 1 is 1.00 bits per heavy atom. The molecule has 0 saturated heterocycles. The van der Waals surface area contributed by atoms with Gasteiger partial charge in [0, 0.05) is 16.3 Å². The molecule has 0 aliphatic carbocycles. The summed E-state index contributed by atoms with van der Waals surface area (Å²) in [5.41, 5.74) is 1.89. The zero-order valence-electron chi connectivity index (χ0n) is 14.8. The average molecular weight is 426 g/mol. The van der Waals surface area contributed by atoms with E-state index in [0.29, 0.717) is 15.7 Å². The number of rotatable bonds is 7. The van der Waals surface area contributed by atoms with E-state index in [9.17, 15) is 4.79 Å². The number of thioether (sulfide) groups is 1. The molecule has 140 valence electrons. The number of anilines is 1. The largest absolute Gasteiger partial charge is 0.353 e. The summed E-state index contributed by atoms with van der Waals surface area (Å²) in [6, 6.07) is 21.6. The minimum absolute atomic E-state index is 0.0168. The summed E-state index contributed by atoms with van der Waals surface area (Å²) in [5.74, 6) is 0.802. The Kier molecular flexibility index (Phi) is 5.90. The fraction of sp³-hybridized carbons (Fsp3) is 0.0952. The predicted molar refractivity (Wildman–Crippen MR) is 118 cm³/mol. The number of nitrogens with one attached hydrogen (secondary N) is 1. The first-order valence-electron chi connectivity index (χ1n) is 8.64. The van der Waals surface area contributed by atoms with Crippen molar-refractivity contribution in [2.75, 3.05) is 11.9 Å². The fourth-order valence-corrected chi connectivity index (χ4v) is 4.67. The van der Waals surface area contributed by atoms with E-state index < -0.39 is 0 Å². The van der Waals surface area contributed by atoms with Gasteiger partial charge in [-0.2, -0.15) is 0 Å². The van der Waals surface area contributed by atoms with Crippen molar-refractivity contribution in [1.29, 1.82) is 0 Å². The Morgan fingerprint density at radius 3 is 2.64 bits per heavy atom. The number of ketones is 1. The van der Waals surface area contributed by atoms with Gasteiger partial charge in [0.25, 0.3) is 0 Å². The maximum Gasteiger partial charge on any atom is 0.206 e. The van der Waals surface area contributed by atoms with Crippen LogP contribution in [0.2, 0.25) is 5.02 Å². The number of Topliss-reactive ketones (excluding diaryl/α,β-unsaturated/α-hetero) is 1. The minimum atomic E-state index is -0.0168. The minimum Gasteiger partial charge on any atom is -0.353 e. The highest BCUT2D eigenvalue weighted by Gasteiger charge is 2.10. The number of carbonyl (C=O) groups is 1. The van der Waals surface area contributed by atoms with E-state index in [0.717, 1.165) is 10.1 Å². The normalized spacial score (nSPS) is 10.9. The van der Waals surface area contributed by atoms with Gasteiger partial charge in [-0.1, -0.05) is 77.2 Å². The highest BCUT2D eigenvalue weighted by atomic mass is 35.5. The van der Waals surface area contributed by atoms with Gasteiger partial charge in [-0.25, -0.2) is 0 Å². The molecule has 1 heterocycles. The fourth-order valence-electron chi connectivity index (χ4n) is 2.79. The number of fused-ring (bicyclic) bond motifs is 1. The highest BCUT2D eigenvalue weighted by Crippen LogP contribution is 2.30. The molecule has 0 fully saturated rings. The molecular formula is C21H16ClN3OS2. The van der Waals surface area contributed by atoms with Crippen LogP contribution in [0, 0.1) is 0 Å². The lowest BCUT2D eigenvalue weighted by Crippen LogP contribution is -2.13. The molecule has 7 heteroatoms. The van der Waals surface area contributed by atoms with Crippen LogP contribution in [0.15, 0.2) is 71.1 Å². The molecular weight excluding hydrogens is 410 g/mol. The Hall–Kier alpha value is -2.41. The summed E-state index contributed by atoms with van der Waals surface area (Å²) < 4.78 is 0.870. The zero-order valence-corrected chi connectivity index (χ0v) is 17.2. The lowest BCUT2D eigenvalue weighted by atomic mass is 10.1. The summed E-state index contributed by atoms with van der Waals surface area (Å²) in [5, 5.41) is 15.2. The number of hydrogen-bond acceptors (Lipinski definition) is 6. The molecule has 0 unspecified atom stereocenters. The Balaban J connectivity index is 1.35. The SMILES string of the molecule is O=C(CNc1nnc(SCc2cccc3ccccc23)s1)c1ccc(Cl)cc1. The molecule has 0 amide bonds. The van der Waals surface area contributed by atoms with Crippen molar-refractivity contribution in [2.45, 2.75) is 10.1 Å². The van der Waals surface area contributed by atoms with Gasteiger partial charge >= 0.3 is 0 Å². The van der Waals surface area contributed by atoms with Gasteiger partial charge in [0.15, 0.2) is 10.1 Å². The molecule has 1 aromatic heterocycles. The van der Waals surface area contributed by atoms with Gasteiger partial charge in [0.05, 0.1) is 6.54 Å². The monoisotopic (exact) mass is 425 g/mol. The first-order chi connectivity index (χ1) is 13.7. The summed E-state index contributed by atoms with van der Waals surface area (Å²) in [6.07, 6.45) is 0. The standard InChI is InChI=1S/C21H16ClN3OS2/c22-17-10-8-15(9-11-17)19(26)12-23-20-24-25-21(28-20)27-13-16-6-3-5-14-4-1-2-7-18(14)16/h1-11H,12-13H2,(H,23,24). The quantitative estimate of drug-likeness (QED) is 0.293.